The first-order chi connectivity index (χ1) is 30.7. The van der Waals surface area contributed by atoms with Gasteiger partial charge in [-0.15, -0.1) is 0 Å². The number of fused-ring (bicyclic) bond motifs is 12. The highest BCUT2D eigenvalue weighted by Crippen LogP contribution is 2.45. The Morgan fingerprint density at radius 3 is 1.73 bits per heavy atom. The molecule has 62 heavy (non-hydrogen) atoms. The predicted molar refractivity (Wildman–Crippen MR) is 256 cm³/mol. The minimum atomic E-state index is 0.544. The summed E-state index contributed by atoms with van der Waals surface area (Å²) < 4.78 is 8.77. The molecule has 0 aliphatic rings. The fourth-order valence-corrected chi connectivity index (χ4v) is 9.55. The fourth-order valence-electron chi connectivity index (χ4n) is 9.55. The predicted octanol–water partition coefficient (Wildman–Crippen LogP) is 15.0. The molecule has 0 saturated heterocycles. The van der Waals surface area contributed by atoms with Gasteiger partial charge in [-0.3, -0.25) is 4.57 Å². The minimum absolute atomic E-state index is 0.544. The highest BCUT2D eigenvalue weighted by Gasteiger charge is 2.24. The molecule has 13 aromatic rings. The van der Waals surface area contributed by atoms with Crippen molar-refractivity contribution in [1.29, 1.82) is 0 Å². The molecule has 5 heteroatoms. The van der Waals surface area contributed by atoms with E-state index in [1.807, 2.05) is 18.2 Å². The number of aromatic nitrogens is 4. The quantitative estimate of drug-likeness (QED) is 0.163. The van der Waals surface area contributed by atoms with E-state index in [1.54, 1.807) is 0 Å². The van der Waals surface area contributed by atoms with Crippen LogP contribution >= 0.6 is 0 Å². The topological polar surface area (TPSA) is 56.7 Å². The monoisotopic (exact) mass is 790 g/mol. The van der Waals surface area contributed by atoms with Gasteiger partial charge in [0.25, 0.3) is 0 Å². The molecule has 0 unspecified atom stereocenters. The summed E-state index contributed by atoms with van der Waals surface area (Å²) in [5.74, 6) is 1.74. The van der Waals surface area contributed by atoms with Gasteiger partial charge >= 0.3 is 0 Å². The fraction of sp³-hybridized carbons (Fsp3) is 0. The third kappa shape index (κ3) is 5.32. The maximum Gasteiger partial charge on any atom is 0.238 e. The molecule has 0 aliphatic carbocycles. The van der Waals surface area contributed by atoms with Crippen molar-refractivity contribution >= 4 is 76.1 Å². The minimum Gasteiger partial charge on any atom is -0.456 e. The summed E-state index contributed by atoms with van der Waals surface area (Å²) >= 11 is 0. The van der Waals surface area contributed by atoms with Crippen molar-refractivity contribution in [2.45, 2.75) is 0 Å². The van der Waals surface area contributed by atoms with Crippen molar-refractivity contribution in [2.24, 2.45) is 0 Å². The van der Waals surface area contributed by atoms with Crippen LogP contribution in [0.4, 0.5) is 0 Å². The largest absolute Gasteiger partial charge is 0.456 e. The van der Waals surface area contributed by atoms with Crippen LogP contribution in [-0.2, 0) is 0 Å². The van der Waals surface area contributed by atoms with Crippen LogP contribution in [0.15, 0.2) is 211 Å². The maximum atomic E-state index is 6.47. The zero-order valence-corrected chi connectivity index (χ0v) is 33.3. The summed E-state index contributed by atoms with van der Waals surface area (Å²) in [6, 6.07) is 72.7. The van der Waals surface area contributed by atoms with Crippen LogP contribution in [0.2, 0.25) is 0 Å². The van der Waals surface area contributed by atoms with Gasteiger partial charge < -0.3 is 4.42 Å². The Morgan fingerprint density at radius 1 is 0.323 bits per heavy atom. The molecule has 0 aliphatic heterocycles. The molecule has 10 aromatic carbocycles. The normalized spacial score (nSPS) is 11.9. The first-order valence-corrected chi connectivity index (χ1v) is 20.9. The van der Waals surface area contributed by atoms with Crippen molar-refractivity contribution < 1.29 is 4.42 Å². The van der Waals surface area contributed by atoms with Crippen LogP contribution in [0, 0.1) is 0 Å². The second-order valence-electron chi connectivity index (χ2n) is 15.9. The Kier molecular flexibility index (Phi) is 7.54. The van der Waals surface area contributed by atoms with E-state index in [0.29, 0.717) is 17.6 Å². The van der Waals surface area contributed by atoms with Gasteiger partial charge in [-0.2, -0.15) is 9.97 Å². The number of benzene rings is 10. The lowest BCUT2D eigenvalue weighted by atomic mass is 9.96. The van der Waals surface area contributed by atoms with Crippen LogP contribution in [0.5, 0.6) is 0 Å². The Bertz CT molecular complexity index is 3920. The third-order valence-corrected chi connectivity index (χ3v) is 12.4. The molecule has 5 nitrogen and oxygen atoms in total. The molecule has 0 atom stereocenters. The summed E-state index contributed by atoms with van der Waals surface area (Å²) in [7, 11) is 0. The molecule has 3 aromatic heterocycles. The molecule has 0 amide bonds. The van der Waals surface area contributed by atoms with Gasteiger partial charge in [0, 0.05) is 43.6 Å². The van der Waals surface area contributed by atoms with Gasteiger partial charge in [-0.1, -0.05) is 182 Å². The Morgan fingerprint density at radius 2 is 0.903 bits per heavy atom. The summed E-state index contributed by atoms with van der Waals surface area (Å²) in [6.07, 6.45) is 0. The molecular formula is C57H34N4O. The molecule has 0 N–H and O–H groups in total. The van der Waals surface area contributed by atoms with E-state index in [2.05, 4.69) is 193 Å². The Labute approximate surface area is 355 Å². The lowest BCUT2D eigenvalue weighted by Gasteiger charge is -2.14. The van der Waals surface area contributed by atoms with Gasteiger partial charge in [-0.25, -0.2) is 4.98 Å². The highest BCUT2D eigenvalue weighted by atomic mass is 16.3. The molecule has 13 rings (SSSR count). The molecule has 0 fully saturated rings. The molecule has 0 spiro atoms. The number of nitrogens with zero attached hydrogens (tertiary/aromatic N) is 4. The van der Waals surface area contributed by atoms with E-state index in [4.69, 9.17) is 19.4 Å². The number of furan rings is 1. The Balaban J connectivity index is 1.15. The van der Waals surface area contributed by atoms with Crippen molar-refractivity contribution in [3.8, 4) is 51.0 Å². The van der Waals surface area contributed by atoms with Gasteiger partial charge in [0.1, 0.15) is 11.2 Å². The maximum absolute atomic E-state index is 6.47. The highest BCUT2D eigenvalue weighted by molar-refractivity contribution is 6.33. The van der Waals surface area contributed by atoms with E-state index in [-0.39, 0.29) is 0 Å². The number of hydrogen-bond donors (Lipinski definition) is 0. The zero-order valence-electron chi connectivity index (χ0n) is 33.3. The van der Waals surface area contributed by atoms with E-state index >= 15 is 0 Å². The van der Waals surface area contributed by atoms with Crippen LogP contribution < -0.4 is 0 Å². The van der Waals surface area contributed by atoms with Crippen molar-refractivity contribution in [3.05, 3.63) is 206 Å². The zero-order chi connectivity index (χ0) is 40.7. The second kappa shape index (κ2) is 13.6. The van der Waals surface area contributed by atoms with Gasteiger partial charge in [0.05, 0.1) is 11.0 Å². The van der Waals surface area contributed by atoms with E-state index in [9.17, 15) is 0 Å². The number of rotatable bonds is 5. The summed E-state index contributed by atoms with van der Waals surface area (Å²) in [5, 5.41) is 11.4. The number of hydrogen-bond acceptors (Lipinski definition) is 4. The Hall–Kier alpha value is -8.41. The summed E-state index contributed by atoms with van der Waals surface area (Å²) in [6.45, 7) is 0. The molecule has 0 saturated carbocycles. The lowest BCUT2D eigenvalue weighted by Crippen LogP contribution is -2.07. The average Bonchev–Trinajstić information content (AvgIpc) is 3.90. The van der Waals surface area contributed by atoms with Crippen molar-refractivity contribution in [3.63, 3.8) is 0 Å². The lowest BCUT2D eigenvalue weighted by molar-refractivity contribution is 0.669. The first kappa shape index (κ1) is 34.5. The first-order valence-electron chi connectivity index (χ1n) is 20.9. The van der Waals surface area contributed by atoms with Crippen LogP contribution in [0.1, 0.15) is 0 Å². The van der Waals surface area contributed by atoms with Crippen LogP contribution in [0.25, 0.3) is 127 Å². The smallest absolute Gasteiger partial charge is 0.238 e. The van der Waals surface area contributed by atoms with E-state index in [1.165, 1.54) is 16.2 Å². The molecule has 3 heterocycles. The molecule has 0 radical (unpaired) electrons. The molecule has 0 bridgehead atoms. The standard InChI is InChI=1S/C57H34N4O/c1-2-13-35(14-3-1)37-25-28-38(29-26-37)55-58-56(41-30-27-36-15-4-5-16-39(36)33-41)60-57(59-55)61-53-42(40-31-32-46-45-19-10-11-24-50(45)62-51(46)34-40)22-12-23-49(53)52-47-20-8-6-17-43(47)44-18-7-9-21-48(44)54(52)61/h1-34H. The van der Waals surface area contributed by atoms with E-state index < -0.39 is 0 Å². The van der Waals surface area contributed by atoms with Gasteiger partial charge in [0.15, 0.2) is 11.6 Å². The summed E-state index contributed by atoms with van der Waals surface area (Å²) in [5.41, 5.74) is 9.99. The number of para-hydroxylation sites is 2. The van der Waals surface area contributed by atoms with Crippen LogP contribution in [-0.4, -0.2) is 19.5 Å². The van der Waals surface area contributed by atoms with E-state index in [0.717, 1.165) is 93.3 Å². The van der Waals surface area contributed by atoms with Crippen LogP contribution in [0.3, 0.4) is 0 Å². The van der Waals surface area contributed by atoms with Gasteiger partial charge in [-0.05, 0) is 67.9 Å². The molecule has 288 valence electrons. The average molecular weight is 791 g/mol. The SMILES string of the molecule is c1ccc(-c2ccc(-c3nc(-c4ccc5ccccc5c4)nc(-n4c5c(-c6ccc7c(c6)oc6ccccc67)cccc5c5c6ccccc6c6ccccc6c54)n3)cc2)cc1. The van der Waals surface area contributed by atoms with Crippen molar-refractivity contribution in [2.75, 3.05) is 0 Å². The second-order valence-corrected chi connectivity index (χ2v) is 15.9. The third-order valence-electron chi connectivity index (χ3n) is 12.4. The summed E-state index contributed by atoms with van der Waals surface area (Å²) in [4.78, 5) is 16.2. The van der Waals surface area contributed by atoms with Crippen molar-refractivity contribution in [1.82, 2.24) is 19.5 Å². The van der Waals surface area contributed by atoms with Gasteiger partial charge in [0.2, 0.25) is 5.95 Å². The molecular weight excluding hydrogens is 757 g/mol.